The Hall–Kier alpha value is -1.42. The Kier molecular flexibility index (Phi) is 4.76. The highest BCUT2D eigenvalue weighted by atomic mass is 31.2. The van der Waals surface area contributed by atoms with Gasteiger partial charge in [-0.2, -0.15) is 5.10 Å². The van der Waals surface area contributed by atoms with Gasteiger partial charge in [-0.15, -0.1) is 0 Å². The minimum Gasteiger partial charge on any atom is -0.304 e. The summed E-state index contributed by atoms with van der Waals surface area (Å²) in [6.07, 6.45) is 1.83. The van der Waals surface area contributed by atoms with Crippen LogP contribution in [0.1, 0.15) is 19.4 Å². The molecule has 0 fully saturated rings. The Bertz CT molecular complexity index is 600. The molecule has 0 aliphatic carbocycles. The summed E-state index contributed by atoms with van der Waals surface area (Å²) in [6.45, 7) is 6.06. The maximum absolute atomic E-state index is 12.8. The summed E-state index contributed by atoms with van der Waals surface area (Å²) in [5.74, 6) is 0. The first-order chi connectivity index (χ1) is 9.60. The summed E-state index contributed by atoms with van der Waals surface area (Å²) in [6, 6.07) is 9.66. The molecule has 0 bridgehead atoms. The van der Waals surface area contributed by atoms with Crippen LogP contribution in [0.15, 0.2) is 36.5 Å². The van der Waals surface area contributed by atoms with E-state index in [9.17, 15) is 4.57 Å². The van der Waals surface area contributed by atoms with Crippen molar-refractivity contribution in [2.24, 2.45) is 0 Å². The topological polar surface area (TPSA) is 53.4 Å². The van der Waals surface area contributed by atoms with Crippen LogP contribution in [0.2, 0.25) is 0 Å². The van der Waals surface area contributed by atoms with Crippen molar-refractivity contribution in [3.05, 3.63) is 42.1 Å². The number of hydrogen-bond acceptors (Lipinski definition) is 4. The quantitative estimate of drug-likeness (QED) is 0.768. The first-order valence-electron chi connectivity index (χ1n) is 6.62. The molecule has 6 heteroatoms. The third-order valence-electron chi connectivity index (χ3n) is 2.75. The highest BCUT2D eigenvalue weighted by molar-refractivity contribution is 7.62. The van der Waals surface area contributed by atoms with Gasteiger partial charge in [0.05, 0.1) is 18.9 Å². The van der Waals surface area contributed by atoms with Gasteiger partial charge in [-0.3, -0.25) is 4.57 Å². The molecule has 0 saturated carbocycles. The number of benzene rings is 1. The maximum Gasteiger partial charge on any atom is 0.381 e. The Labute approximate surface area is 119 Å². The molecular formula is C14H19N2O3P. The molecule has 0 radical (unpaired) electrons. The third-order valence-corrected chi connectivity index (χ3v) is 4.91. The van der Waals surface area contributed by atoms with Gasteiger partial charge in [-0.25, -0.2) is 4.68 Å². The Morgan fingerprint density at radius 1 is 1.15 bits per heavy atom. The summed E-state index contributed by atoms with van der Waals surface area (Å²) in [5, 5.41) is 4.39. The van der Waals surface area contributed by atoms with Crippen LogP contribution in [-0.4, -0.2) is 23.0 Å². The molecule has 1 aromatic carbocycles. The predicted octanol–water partition coefficient (Wildman–Crippen LogP) is 3.07. The van der Waals surface area contributed by atoms with Gasteiger partial charge in [0.25, 0.3) is 0 Å². The van der Waals surface area contributed by atoms with Gasteiger partial charge in [-0.05, 0) is 32.9 Å². The second-order valence-corrected chi connectivity index (χ2v) is 6.18. The molecule has 0 N–H and O–H groups in total. The molecule has 0 aliphatic rings. The van der Waals surface area contributed by atoms with Crippen molar-refractivity contribution in [3.63, 3.8) is 0 Å². The Morgan fingerprint density at radius 2 is 1.75 bits per heavy atom. The number of rotatable bonds is 6. The largest absolute Gasteiger partial charge is 0.381 e. The predicted molar refractivity (Wildman–Crippen MR) is 78.8 cm³/mol. The average molecular weight is 294 g/mol. The highest BCUT2D eigenvalue weighted by Gasteiger charge is 2.32. The maximum atomic E-state index is 12.8. The molecular weight excluding hydrogens is 275 g/mol. The van der Waals surface area contributed by atoms with Crippen molar-refractivity contribution >= 4 is 13.0 Å². The van der Waals surface area contributed by atoms with E-state index in [-0.39, 0.29) is 0 Å². The van der Waals surface area contributed by atoms with Gasteiger partial charge in [0.15, 0.2) is 5.44 Å². The van der Waals surface area contributed by atoms with Crippen molar-refractivity contribution in [2.75, 3.05) is 13.2 Å². The van der Waals surface area contributed by atoms with Gasteiger partial charge in [0, 0.05) is 11.8 Å². The second kappa shape index (κ2) is 6.35. The lowest BCUT2D eigenvalue weighted by Gasteiger charge is -2.15. The van der Waals surface area contributed by atoms with E-state index in [0.29, 0.717) is 18.6 Å². The fourth-order valence-corrected chi connectivity index (χ4v) is 3.63. The van der Waals surface area contributed by atoms with E-state index in [0.717, 1.165) is 11.3 Å². The molecule has 0 amide bonds. The minimum atomic E-state index is -3.34. The van der Waals surface area contributed by atoms with E-state index in [1.807, 2.05) is 43.5 Å². The molecule has 0 aliphatic heterocycles. The summed E-state index contributed by atoms with van der Waals surface area (Å²) < 4.78 is 25.1. The Balaban J connectivity index is 2.43. The van der Waals surface area contributed by atoms with Crippen molar-refractivity contribution in [1.82, 2.24) is 9.78 Å². The number of aryl methyl sites for hydroxylation is 1. The van der Waals surface area contributed by atoms with Crippen LogP contribution in [0.3, 0.4) is 0 Å². The molecule has 1 aromatic heterocycles. The zero-order valence-corrected chi connectivity index (χ0v) is 12.8. The first kappa shape index (κ1) is 15.0. The van der Waals surface area contributed by atoms with Gasteiger partial charge in [0.1, 0.15) is 0 Å². The molecule has 0 unspecified atom stereocenters. The molecule has 0 atom stereocenters. The van der Waals surface area contributed by atoms with Gasteiger partial charge < -0.3 is 9.05 Å². The molecule has 2 rings (SSSR count). The van der Waals surface area contributed by atoms with Gasteiger partial charge in [0.2, 0.25) is 0 Å². The third kappa shape index (κ3) is 3.01. The van der Waals surface area contributed by atoms with E-state index in [1.165, 1.54) is 0 Å². The van der Waals surface area contributed by atoms with Crippen molar-refractivity contribution < 1.29 is 13.6 Å². The fraction of sp³-hybridized carbons (Fsp3) is 0.357. The zero-order chi connectivity index (χ0) is 14.6. The number of aromatic nitrogens is 2. The van der Waals surface area contributed by atoms with E-state index >= 15 is 0 Å². The van der Waals surface area contributed by atoms with E-state index in [2.05, 4.69) is 5.10 Å². The van der Waals surface area contributed by atoms with Crippen molar-refractivity contribution in [3.8, 4) is 5.69 Å². The normalized spacial score (nSPS) is 11.8. The molecule has 0 spiro atoms. The number of para-hydroxylation sites is 1. The molecule has 0 saturated heterocycles. The van der Waals surface area contributed by atoms with E-state index < -0.39 is 7.60 Å². The van der Waals surface area contributed by atoms with Crippen LogP contribution in [0.4, 0.5) is 0 Å². The van der Waals surface area contributed by atoms with Crippen LogP contribution < -0.4 is 5.44 Å². The molecule has 5 nitrogen and oxygen atoms in total. The summed E-state index contributed by atoms with van der Waals surface area (Å²) in [5.41, 5.74) is 2.07. The molecule has 1 heterocycles. The van der Waals surface area contributed by atoms with Gasteiger partial charge in [-0.1, -0.05) is 18.2 Å². The van der Waals surface area contributed by atoms with E-state index in [4.69, 9.17) is 9.05 Å². The smallest absolute Gasteiger partial charge is 0.304 e. The van der Waals surface area contributed by atoms with Crippen molar-refractivity contribution in [1.29, 1.82) is 0 Å². The summed E-state index contributed by atoms with van der Waals surface area (Å²) in [7, 11) is -3.34. The number of hydrogen-bond donors (Lipinski definition) is 0. The lowest BCUT2D eigenvalue weighted by molar-refractivity contribution is 0.229. The fourth-order valence-electron chi connectivity index (χ4n) is 1.93. The van der Waals surface area contributed by atoms with Crippen LogP contribution in [0.25, 0.3) is 5.69 Å². The first-order valence-corrected chi connectivity index (χ1v) is 8.16. The van der Waals surface area contributed by atoms with Crippen molar-refractivity contribution in [2.45, 2.75) is 20.8 Å². The van der Waals surface area contributed by atoms with Crippen LogP contribution in [-0.2, 0) is 13.6 Å². The molecule has 20 heavy (non-hydrogen) atoms. The summed E-state index contributed by atoms with van der Waals surface area (Å²) in [4.78, 5) is 0. The van der Waals surface area contributed by atoms with Crippen LogP contribution >= 0.6 is 7.60 Å². The SMILES string of the molecule is CCOP(=O)(OCC)c1nn(-c2ccccc2)cc1C. The van der Waals surface area contributed by atoms with Crippen LogP contribution in [0, 0.1) is 6.92 Å². The molecule has 108 valence electrons. The van der Waals surface area contributed by atoms with E-state index in [1.54, 1.807) is 18.5 Å². The lowest BCUT2D eigenvalue weighted by Crippen LogP contribution is -2.15. The highest BCUT2D eigenvalue weighted by Crippen LogP contribution is 2.47. The Morgan fingerprint density at radius 3 is 2.30 bits per heavy atom. The van der Waals surface area contributed by atoms with Crippen LogP contribution in [0.5, 0.6) is 0 Å². The van der Waals surface area contributed by atoms with Gasteiger partial charge >= 0.3 is 7.60 Å². The minimum absolute atomic E-state index is 0.314. The molecule has 2 aromatic rings. The zero-order valence-electron chi connectivity index (χ0n) is 11.9. The lowest BCUT2D eigenvalue weighted by atomic mass is 10.3. The standard InChI is InChI=1S/C14H19N2O3P/c1-4-18-20(17,19-5-2)14-12(3)11-16(15-14)13-9-7-6-8-10-13/h6-11H,4-5H2,1-3H3. The monoisotopic (exact) mass is 294 g/mol. The number of nitrogens with zero attached hydrogens (tertiary/aromatic N) is 2. The average Bonchev–Trinajstić information content (AvgIpc) is 2.83. The summed E-state index contributed by atoms with van der Waals surface area (Å²) >= 11 is 0. The second-order valence-electron chi connectivity index (χ2n) is 4.25.